The van der Waals surface area contributed by atoms with E-state index in [0.717, 1.165) is 17.9 Å². The van der Waals surface area contributed by atoms with Crippen molar-refractivity contribution < 1.29 is 0 Å². The third-order valence-corrected chi connectivity index (χ3v) is 4.67. The van der Waals surface area contributed by atoms with Crippen molar-refractivity contribution in [1.29, 1.82) is 0 Å². The smallest absolute Gasteiger partial charge is 0.00956 e. The van der Waals surface area contributed by atoms with Crippen molar-refractivity contribution in [2.24, 2.45) is 17.3 Å². The molecule has 1 nitrogen and oxygen atoms in total. The molecule has 0 aromatic rings. The molecule has 0 aromatic heterocycles. The second-order valence-electron chi connectivity index (χ2n) is 6.83. The van der Waals surface area contributed by atoms with E-state index in [1.165, 1.54) is 25.7 Å². The summed E-state index contributed by atoms with van der Waals surface area (Å²) in [6.45, 7) is 14.2. The number of hydrogen-bond acceptors (Lipinski definition) is 1. The van der Waals surface area contributed by atoms with Crippen molar-refractivity contribution in [3.63, 3.8) is 0 Å². The lowest BCUT2D eigenvalue weighted by Gasteiger charge is -2.41. The Bertz CT molecular complexity index is 209. The van der Waals surface area contributed by atoms with Gasteiger partial charge >= 0.3 is 0 Å². The van der Waals surface area contributed by atoms with Gasteiger partial charge in [0, 0.05) is 12.1 Å². The molecule has 1 fully saturated rings. The van der Waals surface area contributed by atoms with E-state index in [-0.39, 0.29) is 0 Å². The maximum atomic E-state index is 3.86. The molecule has 0 amide bonds. The Morgan fingerprint density at radius 1 is 1.31 bits per heavy atom. The summed E-state index contributed by atoms with van der Waals surface area (Å²) in [5.74, 6) is 1.62. The van der Waals surface area contributed by atoms with E-state index in [1.807, 2.05) is 0 Å². The summed E-state index contributed by atoms with van der Waals surface area (Å²) in [7, 11) is 0. The van der Waals surface area contributed by atoms with Gasteiger partial charge in [-0.25, -0.2) is 0 Å². The minimum Gasteiger partial charge on any atom is -0.311 e. The van der Waals surface area contributed by atoms with Crippen molar-refractivity contribution in [3.8, 4) is 0 Å². The van der Waals surface area contributed by atoms with Gasteiger partial charge in [-0.05, 0) is 43.4 Å². The quantitative estimate of drug-likeness (QED) is 0.755. The minimum atomic E-state index is 0.567. The Morgan fingerprint density at radius 3 is 2.44 bits per heavy atom. The van der Waals surface area contributed by atoms with Crippen LogP contribution < -0.4 is 5.32 Å². The third-order valence-electron chi connectivity index (χ3n) is 4.67. The van der Waals surface area contributed by atoms with Crippen molar-refractivity contribution in [2.45, 2.75) is 79.3 Å². The van der Waals surface area contributed by atoms with Crippen molar-refractivity contribution in [3.05, 3.63) is 0 Å². The second kappa shape index (κ2) is 5.53. The lowest BCUT2D eigenvalue weighted by molar-refractivity contribution is 0.136. The van der Waals surface area contributed by atoms with Crippen LogP contribution in [0.5, 0.6) is 0 Å². The molecule has 1 rings (SSSR count). The fraction of sp³-hybridized carbons (Fsp3) is 1.00. The highest BCUT2D eigenvalue weighted by molar-refractivity contribution is 4.88. The topological polar surface area (TPSA) is 12.0 Å². The van der Waals surface area contributed by atoms with Crippen LogP contribution in [-0.2, 0) is 0 Å². The molecule has 1 saturated carbocycles. The predicted molar refractivity (Wildman–Crippen MR) is 72.6 cm³/mol. The maximum Gasteiger partial charge on any atom is 0.00956 e. The summed E-state index contributed by atoms with van der Waals surface area (Å²) >= 11 is 0. The average molecular weight is 225 g/mol. The van der Waals surface area contributed by atoms with Crippen LogP contribution >= 0.6 is 0 Å². The first-order chi connectivity index (χ1) is 7.35. The van der Waals surface area contributed by atoms with E-state index in [9.17, 15) is 0 Å². The van der Waals surface area contributed by atoms with Gasteiger partial charge in [-0.1, -0.05) is 41.0 Å². The highest BCUT2D eigenvalue weighted by Crippen LogP contribution is 2.38. The van der Waals surface area contributed by atoms with Crippen molar-refractivity contribution in [1.82, 2.24) is 5.32 Å². The summed E-state index contributed by atoms with van der Waals surface area (Å²) < 4.78 is 0. The Labute approximate surface area is 102 Å². The normalized spacial score (nSPS) is 33.4. The van der Waals surface area contributed by atoms with Gasteiger partial charge in [0.05, 0.1) is 0 Å². The van der Waals surface area contributed by atoms with Gasteiger partial charge in [0.1, 0.15) is 0 Å². The van der Waals surface area contributed by atoms with Crippen LogP contribution in [-0.4, -0.2) is 12.1 Å². The molecular formula is C15H31N. The van der Waals surface area contributed by atoms with Gasteiger partial charge < -0.3 is 5.32 Å². The van der Waals surface area contributed by atoms with E-state index < -0.39 is 0 Å². The predicted octanol–water partition coefficient (Wildman–Crippen LogP) is 4.23. The summed E-state index contributed by atoms with van der Waals surface area (Å²) in [6.07, 6.45) is 5.38. The van der Waals surface area contributed by atoms with E-state index >= 15 is 0 Å². The molecule has 0 aromatic carbocycles. The monoisotopic (exact) mass is 225 g/mol. The zero-order valence-electron chi connectivity index (χ0n) is 12.1. The number of rotatable bonds is 4. The van der Waals surface area contributed by atoms with Gasteiger partial charge in [0.2, 0.25) is 0 Å². The molecule has 1 heteroatoms. The Morgan fingerprint density at radius 2 is 1.94 bits per heavy atom. The van der Waals surface area contributed by atoms with Gasteiger partial charge in [0.15, 0.2) is 0 Å². The van der Waals surface area contributed by atoms with Crippen LogP contribution in [0.4, 0.5) is 0 Å². The lowest BCUT2D eigenvalue weighted by atomic mass is 9.70. The minimum absolute atomic E-state index is 0.567. The van der Waals surface area contributed by atoms with Gasteiger partial charge in [-0.3, -0.25) is 0 Å². The molecule has 96 valence electrons. The molecule has 4 atom stereocenters. The van der Waals surface area contributed by atoms with Gasteiger partial charge in [0.25, 0.3) is 0 Å². The van der Waals surface area contributed by atoms with E-state index in [2.05, 4.69) is 46.9 Å². The highest BCUT2D eigenvalue weighted by atomic mass is 15.0. The Balaban J connectivity index is 2.44. The molecule has 1 aliphatic rings. The summed E-state index contributed by atoms with van der Waals surface area (Å²) in [5, 5.41) is 3.86. The first-order valence-corrected chi connectivity index (χ1v) is 7.12. The van der Waals surface area contributed by atoms with E-state index in [1.54, 1.807) is 0 Å². The SMILES string of the molecule is CCC(C)C(C)NC1CCC(C)(C)CC1C. The molecule has 0 spiro atoms. The zero-order valence-corrected chi connectivity index (χ0v) is 12.1. The first kappa shape index (κ1) is 14.0. The summed E-state index contributed by atoms with van der Waals surface area (Å²) in [6, 6.07) is 1.41. The molecule has 0 bridgehead atoms. The van der Waals surface area contributed by atoms with Crippen molar-refractivity contribution >= 4 is 0 Å². The zero-order chi connectivity index (χ0) is 12.3. The van der Waals surface area contributed by atoms with Crippen molar-refractivity contribution in [2.75, 3.05) is 0 Å². The molecule has 16 heavy (non-hydrogen) atoms. The van der Waals surface area contributed by atoms with Gasteiger partial charge in [-0.2, -0.15) is 0 Å². The molecule has 4 unspecified atom stereocenters. The van der Waals surface area contributed by atoms with Crippen LogP contribution in [0.1, 0.15) is 67.2 Å². The highest BCUT2D eigenvalue weighted by Gasteiger charge is 2.32. The largest absolute Gasteiger partial charge is 0.311 e. The molecule has 1 aliphatic carbocycles. The van der Waals surface area contributed by atoms with Gasteiger partial charge in [-0.15, -0.1) is 0 Å². The molecular weight excluding hydrogens is 194 g/mol. The fourth-order valence-electron chi connectivity index (χ4n) is 3.05. The maximum absolute atomic E-state index is 3.86. The molecule has 0 aliphatic heterocycles. The van der Waals surface area contributed by atoms with E-state index in [4.69, 9.17) is 0 Å². The van der Waals surface area contributed by atoms with Crippen LogP contribution in [0, 0.1) is 17.3 Å². The molecule has 1 N–H and O–H groups in total. The molecule has 0 saturated heterocycles. The summed E-state index contributed by atoms with van der Waals surface area (Å²) in [4.78, 5) is 0. The number of hydrogen-bond donors (Lipinski definition) is 1. The Kier molecular flexibility index (Phi) is 4.85. The average Bonchev–Trinajstić information content (AvgIpc) is 2.20. The lowest BCUT2D eigenvalue weighted by Crippen LogP contribution is -2.47. The second-order valence-corrected chi connectivity index (χ2v) is 6.83. The molecule has 0 radical (unpaired) electrons. The molecule has 0 heterocycles. The summed E-state index contributed by atoms with van der Waals surface area (Å²) in [5.41, 5.74) is 0.567. The first-order valence-electron chi connectivity index (χ1n) is 7.12. The van der Waals surface area contributed by atoms with Crippen LogP contribution in [0.2, 0.25) is 0 Å². The van der Waals surface area contributed by atoms with Crippen LogP contribution in [0.25, 0.3) is 0 Å². The fourth-order valence-corrected chi connectivity index (χ4v) is 3.05. The standard InChI is InChI=1S/C15H31N/c1-7-11(2)13(4)16-14-8-9-15(5,6)10-12(14)3/h11-14,16H,7-10H2,1-6H3. The van der Waals surface area contributed by atoms with Crippen LogP contribution in [0.15, 0.2) is 0 Å². The Hall–Kier alpha value is -0.0400. The number of nitrogens with one attached hydrogen (secondary N) is 1. The third kappa shape index (κ3) is 3.76. The van der Waals surface area contributed by atoms with Crippen LogP contribution in [0.3, 0.4) is 0 Å². The van der Waals surface area contributed by atoms with E-state index in [0.29, 0.717) is 11.5 Å².